The van der Waals surface area contributed by atoms with Crippen molar-refractivity contribution in [3.8, 4) is 0 Å². The van der Waals surface area contributed by atoms with Crippen LogP contribution in [0, 0.1) is 0 Å². The Bertz CT molecular complexity index is 449. The maximum atomic E-state index is 11.6. The fraction of sp³-hybridized carbons (Fsp3) is 0.533. The van der Waals surface area contributed by atoms with Gasteiger partial charge in [-0.25, -0.2) is 0 Å². The highest BCUT2D eigenvalue weighted by Gasteiger charge is 2.11. The van der Waals surface area contributed by atoms with Crippen LogP contribution in [0.5, 0.6) is 0 Å². The normalized spacial score (nSPS) is 12.5. The Morgan fingerprint density at radius 2 is 1.95 bits per heavy atom. The SMILES string of the molecule is CCC(NCCC(=O)NC(C)C)c1ccc(Cl)c(Cl)c1. The molecule has 0 aliphatic carbocycles. The molecule has 2 N–H and O–H groups in total. The molecule has 112 valence electrons. The number of nitrogens with one attached hydrogen (secondary N) is 2. The molecule has 0 saturated heterocycles. The van der Waals surface area contributed by atoms with Gasteiger partial charge in [0.15, 0.2) is 0 Å². The molecule has 1 aromatic rings. The summed E-state index contributed by atoms with van der Waals surface area (Å²) in [5.74, 6) is 0.0662. The van der Waals surface area contributed by atoms with E-state index in [4.69, 9.17) is 23.2 Å². The zero-order valence-electron chi connectivity index (χ0n) is 12.2. The van der Waals surface area contributed by atoms with Crippen LogP contribution in [-0.2, 0) is 4.79 Å². The lowest BCUT2D eigenvalue weighted by Gasteiger charge is -2.18. The van der Waals surface area contributed by atoms with Gasteiger partial charge in [-0.05, 0) is 38.0 Å². The number of carbonyl (C=O) groups is 1. The van der Waals surface area contributed by atoms with Crippen LogP contribution in [0.1, 0.15) is 45.2 Å². The predicted octanol–water partition coefficient (Wildman–Crippen LogP) is 3.95. The molecule has 3 nitrogen and oxygen atoms in total. The van der Waals surface area contributed by atoms with E-state index in [-0.39, 0.29) is 18.0 Å². The van der Waals surface area contributed by atoms with E-state index in [0.717, 1.165) is 12.0 Å². The Kier molecular flexibility index (Phi) is 7.35. The Hall–Kier alpha value is -0.770. The van der Waals surface area contributed by atoms with Gasteiger partial charge in [-0.1, -0.05) is 36.2 Å². The average Bonchev–Trinajstić information content (AvgIpc) is 2.37. The van der Waals surface area contributed by atoms with Crippen molar-refractivity contribution in [2.75, 3.05) is 6.54 Å². The van der Waals surface area contributed by atoms with Gasteiger partial charge in [0.05, 0.1) is 10.0 Å². The van der Waals surface area contributed by atoms with Crippen LogP contribution >= 0.6 is 23.2 Å². The molecule has 0 bridgehead atoms. The van der Waals surface area contributed by atoms with E-state index in [1.807, 2.05) is 26.0 Å². The van der Waals surface area contributed by atoms with Gasteiger partial charge in [-0.3, -0.25) is 4.79 Å². The minimum absolute atomic E-state index is 0.0662. The molecule has 0 spiro atoms. The molecule has 0 aliphatic heterocycles. The van der Waals surface area contributed by atoms with Gasteiger partial charge in [0.25, 0.3) is 0 Å². The highest BCUT2D eigenvalue weighted by Crippen LogP contribution is 2.26. The molecular formula is C15H22Cl2N2O. The highest BCUT2D eigenvalue weighted by atomic mass is 35.5. The minimum Gasteiger partial charge on any atom is -0.354 e. The van der Waals surface area contributed by atoms with E-state index in [0.29, 0.717) is 23.0 Å². The second kappa shape index (κ2) is 8.50. The van der Waals surface area contributed by atoms with Gasteiger partial charge >= 0.3 is 0 Å². The van der Waals surface area contributed by atoms with Crippen LogP contribution in [0.2, 0.25) is 10.0 Å². The number of amides is 1. The zero-order chi connectivity index (χ0) is 15.1. The lowest BCUT2D eigenvalue weighted by molar-refractivity contribution is -0.121. The van der Waals surface area contributed by atoms with Gasteiger partial charge < -0.3 is 10.6 Å². The highest BCUT2D eigenvalue weighted by molar-refractivity contribution is 6.42. The Morgan fingerprint density at radius 3 is 2.50 bits per heavy atom. The molecule has 1 atom stereocenters. The quantitative estimate of drug-likeness (QED) is 0.799. The first kappa shape index (κ1) is 17.3. The molecule has 1 rings (SSSR count). The summed E-state index contributed by atoms with van der Waals surface area (Å²) >= 11 is 12.0. The Morgan fingerprint density at radius 1 is 1.25 bits per heavy atom. The molecule has 0 aliphatic rings. The van der Waals surface area contributed by atoms with Crippen molar-refractivity contribution in [2.45, 2.75) is 45.7 Å². The second-order valence-electron chi connectivity index (χ2n) is 5.06. The van der Waals surface area contributed by atoms with Crippen LogP contribution in [-0.4, -0.2) is 18.5 Å². The summed E-state index contributed by atoms with van der Waals surface area (Å²) in [6.45, 7) is 6.64. The molecule has 1 amide bonds. The first-order valence-corrected chi connectivity index (χ1v) is 7.67. The van der Waals surface area contributed by atoms with Crippen LogP contribution in [0.3, 0.4) is 0 Å². The topological polar surface area (TPSA) is 41.1 Å². The van der Waals surface area contributed by atoms with E-state index in [1.165, 1.54) is 0 Å². The van der Waals surface area contributed by atoms with Crippen LogP contribution in [0.4, 0.5) is 0 Å². The van der Waals surface area contributed by atoms with Gasteiger partial charge in [0.2, 0.25) is 5.91 Å². The second-order valence-corrected chi connectivity index (χ2v) is 5.88. The van der Waals surface area contributed by atoms with E-state index in [9.17, 15) is 4.79 Å². The van der Waals surface area contributed by atoms with E-state index < -0.39 is 0 Å². The summed E-state index contributed by atoms with van der Waals surface area (Å²) in [7, 11) is 0. The Balaban J connectivity index is 2.51. The maximum absolute atomic E-state index is 11.6. The summed E-state index contributed by atoms with van der Waals surface area (Å²) in [5.41, 5.74) is 1.09. The number of carbonyl (C=O) groups excluding carboxylic acids is 1. The summed E-state index contributed by atoms with van der Waals surface area (Å²) in [4.78, 5) is 11.6. The number of benzene rings is 1. The standard InChI is InChI=1S/C15H22Cl2N2O/c1-4-14(11-5-6-12(16)13(17)9-11)18-8-7-15(20)19-10(2)3/h5-6,9-10,14,18H,4,7-8H2,1-3H3,(H,19,20). The molecule has 0 saturated carbocycles. The number of rotatable bonds is 7. The van der Waals surface area contributed by atoms with Crippen molar-refractivity contribution >= 4 is 29.1 Å². The molecule has 0 heterocycles. The monoisotopic (exact) mass is 316 g/mol. The predicted molar refractivity (Wildman–Crippen MR) is 85.4 cm³/mol. The fourth-order valence-electron chi connectivity index (χ4n) is 1.98. The third-order valence-electron chi connectivity index (χ3n) is 2.95. The molecular weight excluding hydrogens is 295 g/mol. The maximum Gasteiger partial charge on any atom is 0.221 e. The molecule has 0 radical (unpaired) electrons. The van der Waals surface area contributed by atoms with Crippen molar-refractivity contribution in [1.29, 1.82) is 0 Å². The van der Waals surface area contributed by atoms with Crippen LogP contribution in [0.15, 0.2) is 18.2 Å². The summed E-state index contributed by atoms with van der Waals surface area (Å²) < 4.78 is 0. The molecule has 1 aromatic carbocycles. The Labute approximate surface area is 131 Å². The first-order chi connectivity index (χ1) is 9.43. The van der Waals surface area contributed by atoms with Gasteiger partial charge in [-0.2, -0.15) is 0 Å². The molecule has 0 fully saturated rings. The number of hydrogen-bond donors (Lipinski definition) is 2. The van der Waals surface area contributed by atoms with E-state index in [2.05, 4.69) is 17.6 Å². The lowest BCUT2D eigenvalue weighted by atomic mass is 10.0. The van der Waals surface area contributed by atoms with Crippen molar-refractivity contribution in [3.63, 3.8) is 0 Å². The van der Waals surface area contributed by atoms with Crippen molar-refractivity contribution in [1.82, 2.24) is 10.6 Å². The fourth-order valence-corrected chi connectivity index (χ4v) is 2.29. The number of halogens is 2. The van der Waals surface area contributed by atoms with Crippen molar-refractivity contribution in [3.05, 3.63) is 33.8 Å². The molecule has 1 unspecified atom stereocenters. The average molecular weight is 317 g/mol. The molecule has 5 heteroatoms. The zero-order valence-corrected chi connectivity index (χ0v) is 13.7. The van der Waals surface area contributed by atoms with E-state index >= 15 is 0 Å². The summed E-state index contributed by atoms with van der Waals surface area (Å²) in [6.07, 6.45) is 1.39. The van der Waals surface area contributed by atoms with Crippen LogP contribution < -0.4 is 10.6 Å². The lowest BCUT2D eigenvalue weighted by Crippen LogP contribution is -2.33. The minimum atomic E-state index is 0.0662. The van der Waals surface area contributed by atoms with Crippen molar-refractivity contribution in [2.24, 2.45) is 0 Å². The van der Waals surface area contributed by atoms with Gasteiger partial charge in [0, 0.05) is 25.0 Å². The molecule has 20 heavy (non-hydrogen) atoms. The van der Waals surface area contributed by atoms with E-state index in [1.54, 1.807) is 6.07 Å². The van der Waals surface area contributed by atoms with Crippen LogP contribution in [0.25, 0.3) is 0 Å². The number of hydrogen-bond acceptors (Lipinski definition) is 2. The van der Waals surface area contributed by atoms with Gasteiger partial charge in [0.1, 0.15) is 0 Å². The largest absolute Gasteiger partial charge is 0.354 e. The summed E-state index contributed by atoms with van der Waals surface area (Å²) in [5, 5.41) is 7.36. The molecule has 0 aromatic heterocycles. The smallest absolute Gasteiger partial charge is 0.221 e. The third-order valence-corrected chi connectivity index (χ3v) is 3.69. The third kappa shape index (κ3) is 5.70. The summed E-state index contributed by atoms with van der Waals surface area (Å²) in [6, 6.07) is 5.99. The van der Waals surface area contributed by atoms with Gasteiger partial charge in [-0.15, -0.1) is 0 Å². The first-order valence-electron chi connectivity index (χ1n) is 6.91. The van der Waals surface area contributed by atoms with Crippen molar-refractivity contribution < 1.29 is 4.79 Å².